The Bertz CT molecular complexity index is 1080. The van der Waals surface area contributed by atoms with E-state index >= 15 is 0 Å². The number of pyridine rings is 1. The van der Waals surface area contributed by atoms with Crippen molar-refractivity contribution in [2.45, 2.75) is 51.1 Å². The van der Waals surface area contributed by atoms with Crippen molar-refractivity contribution >= 4 is 29.4 Å². The zero-order valence-electron chi connectivity index (χ0n) is 20.1. The van der Waals surface area contributed by atoms with Gasteiger partial charge >= 0.3 is 0 Å². The summed E-state index contributed by atoms with van der Waals surface area (Å²) in [5.41, 5.74) is 7.51. The third-order valence-electron chi connectivity index (χ3n) is 6.17. The van der Waals surface area contributed by atoms with Crippen LogP contribution in [0, 0.1) is 11.7 Å². The van der Waals surface area contributed by atoms with Crippen molar-refractivity contribution in [1.29, 1.82) is 0 Å². The Morgan fingerprint density at radius 1 is 1.26 bits per heavy atom. The van der Waals surface area contributed by atoms with Gasteiger partial charge in [0.1, 0.15) is 6.04 Å². The van der Waals surface area contributed by atoms with E-state index < -0.39 is 11.9 Å². The second kappa shape index (κ2) is 12.6. The largest absolute Gasteiger partial charge is 0.404 e. The van der Waals surface area contributed by atoms with Crippen LogP contribution in [0.5, 0.6) is 0 Å². The van der Waals surface area contributed by atoms with Crippen molar-refractivity contribution in [2.24, 2.45) is 16.6 Å². The first-order valence-electron chi connectivity index (χ1n) is 11.8. The van der Waals surface area contributed by atoms with Crippen LogP contribution in [0.2, 0.25) is 0 Å². The van der Waals surface area contributed by atoms with Gasteiger partial charge in [0.25, 0.3) is 5.91 Å². The lowest BCUT2D eigenvalue weighted by atomic mass is 9.97. The zero-order chi connectivity index (χ0) is 25.2. The summed E-state index contributed by atoms with van der Waals surface area (Å²) in [4.78, 5) is 34.0. The molecule has 1 aliphatic rings. The molecule has 1 aromatic carbocycles. The average Bonchev–Trinajstić information content (AvgIpc) is 3.36. The molecule has 35 heavy (non-hydrogen) atoms. The molecule has 0 saturated heterocycles. The number of carbonyl (C=O) groups excluding carboxylic acids is 2. The minimum Gasteiger partial charge on any atom is -0.404 e. The Labute approximate surface area is 205 Å². The van der Waals surface area contributed by atoms with Crippen molar-refractivity contribution in [3.8, 4) is 0 Å². The van der Waals surface area contributed by atoms with Crippen LogP contribution in [0.4, 0.5) is 15.8 Å². The summed E-state index contributed by atoms with van der Waals surface area (Å²) in [5.74, 6) is -0.761. The number of nitrogens with one attached hydrogen (secondary N) is 3. The highest BCUT2D eigenvalue weighted by Gasteiger charge is 2.28. The summed E-state index contributed by atoms with van der Waals surface area (Å²) < 4.78 is 14.0. The van der Waals surface area contributed by atoms with E-state index in [0.717, 1.165) is 31.9 Å². The molecule has 0 bridgehead atoms. The molecular formula is C26H33FN6O2. The van der Waals surface area contributed by atoms with Crippen LogP contribution >= 0.6 is 0 Å². The Hall–Kier alpha value is -3.75. The summed E-state index contributed by atoms with van der Waals surface area (Å²) in [6.45, 7) is 1.82. The lowest BCUT2D eigenvalue weighted by Gasteiger charge is -2.24. The van der Waals surface area contributed by atoms with Crippen molar-refractivity contribution in [2.75, 3.05) is 12.4 Å². The van der Waals surface area contributed by atoms with Crippen molar-refractivity contribution in [3.05, 3.63) is 65.9 Å². The highest BCUT2D eigenvalue weighted by Crippen LogP contribution is 2.29. The monoisotopic (exact) mass is 480 g/mol. The molecule has 1 saturated carbocycles. The first-order chi connectivity index (χ1) is 16.9. The number of hydrogen-bond donors (Lipinski definition) is 4. The van der Waals surface area contributed by atoms with Crippen LogP contribution in [-0.4, -0.2) is 42.1 Å². The molecule has 1 heterocycles. The minimum atomic E-state index is -0.695. The number of anilines is 2. The standard InChI is InChI=1S/C26H33FN6O2/c1-17(20(14-28)15-29-2)31-26(35)24(12-18-6-3-4-7-18)33-25(34)19-8-5-9-21(13-19)32-23-10-11-30-16-22(23)27/h5,8-11,13-18,24H,3-4,6-7,12,28H2,1-2H3,(H,30,32)(H,31,35)(H,33,34)/b20-14+,29-15?/t17-,24+/m1/s1. The number of rotatable bonds is 10. The lowest BCUT2D eigenvalue weighted by molar-refractivity contribution is -0.123. The van der Waals surface area contributed by atoms with Crippen molar-refractivity contribution < 1.29 is 14.0 Å². The quantitative estimate of drug-likeness (QED) is 0.387. The maximum Gasteiger partial charge on any atom is 0.252 e. The fraction of sp³-hybridized carbons (Fsp3) is 0.385. The predicted octanol–water partition coefficient (Wildman–Crippen LogP) is 3.69. The normalized spacial score (nSPS) is 16.1. The third kappa shape index (κ3) is 7.37. The van der Waals surface area contributed by atoms with Crippen LogP contribution in [0.1, 0.15) is 49.4 Å². The molecule has 1 fully saturated rings. The highest BCUT2D eigenvalue weighted by atomic mass is 19.1. The second-order valence-corrected chi connectivity index (χ2v) is 8.76. The number of hydrogen-bond acceptors (Lipinski definition) is 6. The summed E-state index contributed by atoms with van der Waals surface area (Å²) in [5, 5.41) is 8.81. The molecule has 1 aliphatic carbocycles. The average molecular weight is 481 g/mol. The zero-order valence-corrected chi connectivity index (χ0v) is 20.1. The fourth-order valence-electron chi connectivity index (χ4n) is 4.27. The molecule has 8 nitrogen and oxygen atoms in total. The van der Waals surface area contributed by atoms with Crippen LogP contribution in [0.3, 0.4) is 0 Å². The predicted molar refractivity (Wildman–Crippen MR) is 136 cm³/mol. The number of nitrogens with two attached hydrogens (primary N) is 1. The van der Waals surface area contributed by atoms with E-state index in [9.17, 15) is 14.0 Å². The van der Waals surface area contributed by atoms with Gasteiger partial charge in [0.15, 0.2) is 5.82 Å². The number of halogens is 1. The van der Waals surface area contributed by atoms with E-state index in [2.05, 4.69) is 25.9 Å². The molecule has 186 valence electrons. The topological polar surface area (TPSA) is 121 Å². The van der Waals surface area contributed by atoms with Gasteiger partial charge in [-0.3, -0.25) is 19.6 Å². The summed E-state index contributed by atoms with van der Waals surface area (Å²) in [6.07, 6.45) is 10.5. The van der Waals surface area contributed by atoms with E-state index in [4.69, 9.17) is 5.73 Å². The van der Waals surface area contributed by atoms with Gasteiger partial charge in [-0.25, -0.2) is 4.39 Å². The van der Waals surface area contributed by atoms with Gasteiger partial charge in [-0.2, -0.15) is 0 Å². The van der Waals surface area contributed by atoms with E-state index in [1.807, 2.05) is 6.92 Å². The number of aromatic nitrogens is 1. The van der Waals surface area contributed by atoms with Gasteiger partial charge in [-0.1, -0.05) is 31.7 Å². The number of nitrogens with zero attached hydrogens (tertiary/aromatic N) is 2. The van der Waals surface area contributed by atoms with Gasteiger partial charge in [0, 0.05) is 42.5 Å². The number of carbonyl (C=O) groups is 2. The van der Waals surface area contributed by atoms with E-state index in [1.165, 1.54) is 18.5 Å². The number of benzene rings is 1. The summed E-state index contributed by atoms with van der Waals surface area (Å²) >= 11 is 0. The van der Waals surface area contributed by atoms with Gasteiger partial charge in [0.05, 0.1) is 17.9 Å². The van der Waals surface area contributed by atoms with Crippen molar-refractivity contribution in [1.82, 2.24) is 15.6 Å². The second-order valence-electron chi connectivity index (χ2n) is 8.76. The minimum absolute atomic E-state index is 0.254. The molecule has 3 rings (SSSR count). The third-order valence-corrected chi connectivity index (χ3v) is 6.17. The Morgan fingerprint density at radius 3 is 2.71 bits per heavy atom. The Morgan fingerprint density at radius 2 is 2.03 bits per heavy atom. The van der Waals surface area contributed by atoms with Gasteiger partial charge in [-0.05, 0) is 43.5 Å². The summed E-state index contributed by atoms with van der Waals surface area (Å²) in [7, 11) is 1.63. The molecule has 9 heteroatoms. The fourth-order valence-corrected chi connectivity index (χ4v) is 4.27. The molecule has 0 aliphatic heterocycles. The molecule has 0 unspecified atom stereocenters. The first-order valence-corrected chi connectivity index (χ1v) is 11.8. The van der Waals surface area contributed by atoms with E-state index in [-0.39, 0.29) is 23.5 Å². The number of aliphatic imine (C=N–C) groups is 1. The van der Waals surface area contributed by atoms with Gasteiger partial charge in [-0.15, -0.1) is 0 Å². The molecular weight excluding hydrogens is 447 g/mol. The van der Waals surface area contributed by atoms with Crippen LogP contribution in [0.15, 0.2) is 59.5 Å². The SMILES string of the molecule is CN=C/C(=C\N)[C@@H](C)NC(=O)[C@H](CC1CCCC1)NC(=O)c1cccc(Nc2ccncc2F)c1. The van der Waals surface area contributed by atoms with Crippen LogP contribution < -0.4 is 21.7 Å². The molecule has 1 aromatic heterocycles. The van der Waals surface area contributed by atoms with Gasteiger partial charge in [0.2, 0.25) is 5.91 Å². The van der Waals surface area contributed by atoms with E-state index in [0.29, 0.717) is 29.2 Å². The smallest absolute Gasteiger partial charge is 0.252 e. The molecule has 2 aromatic rings. The molecule has 2 amide bonds. The maximum absolute atomic E-state index is 14.0. The molecule has 0 radical (unpaired) electrons. The van der Waals surface area contributed by atoms with E-state index in [1.54, 1.807) is 37.5 Å². The Balaban J connectivity index is 1.73. The van der Waals surface area contributed by atoms with Crippen LogP contribution in [0.25, 0.3) is 0 Å². The summed E-state index contributed by atoms with van der Waals surface area (Å²) in [6, 6.07) is 7.17. The Kier molecular flexibility index (Phi) is 9.34. The molecule has 2 atom stereocenters. The first kappa shape index (κ1) is 25.9. The maximum atomic E-state index is 14.0. The molecule has 0 spiro atoms. The van der Waals surface area contributed by atoms with Gasteiger partial charge < -0.3 is 21.7 Å². The number of amides is 2. The highest BCUT2D eigenvalue weighted by molar-refractivity contribution is 5.98. The van der Waals surface area contributed by atoms with Crippen molar-refractivity contribution in [3.63, 3.8) is 0 Å². The lowest BCUT2D eigenvalue weighted by Crippen LogP contribution is -2.50. The molecule has 5 N–H and O–H groups in total. The van der Waals surface area contributed by atoms with Crippen LogP contribution in [-0.2, 0) is 4.79 Å².